The van der Waals surface area contributed by atoms with E-state index < -0.39 is 0 Å². The van der Waals surface area contributed by atoms with Crippen LogP contribution >= 0.6 is 0 Å². The maximum Gasteiger partial charge on any atom is 0.238 e. The Morgan fingerprint density at radius 2 is 1.46 bits per heavy atom. The number of nitrogens with zero attached hydrogens (tertiary/aromatic N) is 1. The quantitative estimate of drug-likeness (QED) is 0.590. The molecule has 3 nitrogen and oxygen atoms in total. The summed E-state index contributed by atoms with van der Waals surface area (Å²) in [5.41, 5.74) is 2.32. The molecule has 0 spiro atoms. The van der Waals surface area contributed by atoms with E-state index in [2.05, 4.69) is 18.2 Å². The van der Waals surface area contributed by atoms with Crippen LogP contribution in [0.1, 0.15) is 0 Å². The molecule has 0 unspecified atom stereocenters. The molecule has 1 aromatic rings. The summed E-state index contributed by atoms with van der Waals surface area (Å²) in [6.45, 7) is 0. The zero-order chi connectivity index (χ0) is 15.7. The highest BCUT2D eigenvalue weighted by atomic mass is 16.2. The van der Waals surface area contributed by atoms with Crippen LogP contribution in [0.5, 0.6) is 0 Å². The van der Waals surface area contributed by atoms with Crippen LogP contribution in [0.2, 0.25) is 0 Å². The molecule has 3 saturated carbocycles. The second kappa shape index (κ2) is 3.58. The lowest BCUT2D eigenvalue weighted by Gasteiger charge is -2.50. The number of fused-ring (bicyclic) bond motifs is 1. The maximum atomic E-state index is 13.2. The number of carbonyl (C=O) groups is 2. The number of benzene rings is 1. The molecule has 4 fully saturated rings. The first kappa shape index (κ1) is 12.2. The Labute approximate surface area is 140 Å². The minimum Gasteiger partial charge on any atom is -0.274 e. The number of carbonyl (C=O) groups excluding carboxylic acids is 2. The molecule has 24 heavy (non-hydrogen) atoms. The lowest BCUT2D eigenvalue weighted by atomic mass is 9.53. The second-order valence-corrected chi connectivity index (χ2v) is 8.39. The monoisotopic (exact) mass is 315 g/mol. The summed E-state index contributed by atoms with van der Waals surface area (Å²) >= 11 is 0. The predicted octanol–water partition coefficient (Wildman–Crippen LogP) is 2.66. The van der Waals surface area contributed by atoms with Gasteiger partial charge in [-0.2, -0.15) is 0 Å². The molecule has 8 aliphatic rings. The Kier molecular flexibility index (Phi) is 1.83. The van der Waals surface area contributed by atoms with Gasteiger partial charge in [0.1, 0.15) is 0 Å². The molecule has 1 saturated heterocycles. The van der Waals surface area contributed by atoms with E-state index in [-0.39, 0.29) is 23.7 Å². The number of hydrogen-bond donors (Lipinski definition) is 0. The number of allylic oxidation sites excluding steroid dienone is 4. The number of anilines is 1. The van der Waals surface area contributed by atoms with Crippen LogP contribution in [0, 0.1) is 53.3 Å². The number of imide groups is 1. The third-order valence-corrected chi connectivity index (χ3v) is 7.96. The molecule has 1 aromatic carbocycles. The molecule has 0 aromatic heterocycles. The van der Waals surface area contributed by atoms with Crippen molar-refractivity contribution >= 4 is 17.5 Å². The van der Waals surface area contributed by atoms with Crippen molar-refractivity contribution < 1.29 is 9.59 Å². The van der Waals surface area contributed by atoms with Crippen molar-refractivity contribution in [3.8, 4) is 0 Å². The van der Waals surface area contributed by atoms with Gasteiger partial charge in [-0.25, -0.2) is 0 Å². The van der Waals surface area contributed by atoms with Crippen LogP contribution < -0.4 is 4.90 Å². The van der Waals surface area contributed by atoms with Gasteiger partial charge in [0.05, 0.1) is 17.5 Å². The first-order valence-electron chi connectivity index (χ1n) is 9.10. The molecule has 9 atom stereocenters. The zero-order valence-electron chi connectivity index (χ0n) is 13.1. The summed E-state index contributed by atoms with van der Waals surface area (Å²) < 4.78 is 0. The van der Waals surface area contributed by atoms with Crippen LogP contribution in [0.15, 0.2) is 54.1 Å². The van der Waals surface area contributed by atoms with E-state index in [4.69, 9.17) is 0 Å². The van der Waals surface area contributed by atoms with E-state index in [9.17, 15) is 9.59 Å². The molecular weight excluding hydrogens is 298 g/mol. The van der Waals surface area contributed by atoms with Crippen molar-refractivity contribution in [1.82, 2.24) is 0 Å². The van der Waals surface area contributed by atoms with Crippen molar-refractivity contribution in [2.75, 3.05) is 4.90 Å². The van der Waals surface area contributed by atoms with Gasteiger partial charge in [0.25, 0.3) is 0 Å². The van der Waals surface area contributed by atoms with Gasteiger partial charge >= 0.3 is 0 Å². The predicted molar refractivity (Wildman–Crippen MR) is 87.6 cm³/mol. The van der Waals surface area contributed by atoms with E-state index in [0.29, 0.717) is 41.4 Å². The van der Waals surface area contributed by atoms with Gasteiger partial charge in [-0.1, -0.05) is 42.0 Å². The van der Waals surface area contributed by atoms with Crippen LogP contribution in [0.4, 0.5) is 5.69 Å². The lowest BCUT2D eigenvalue weighted by Crippen LogP contribution is -2.47. The highest BCUT2D eigenvalue weighted by Gasteiger charge is 2.78. The average molecular weight is 315 g/mol. The fraction of sp³-hybridized carbons (Fsp3) is 0.429. The Balaban J connectivity index is 1.38. The maximum absolute atomic E-state index is 13.2. The molecular formula is C21H17NO2. The number of para-hydroxylation sites is 1. The van der Waals surface area contributed by atoms with Crippen molar-refractivity contribution in [2.24, 2.45) is 53.3 Å². The van der Waals surface area contributed by atoms with Crippen LogP contribution in [0.3, 0.4) is 0 Å². The van der Waals surface area contributed by atoms with Crippen molar-refractivity contribution in [2.45, 2.75) is 0 Å². The molecule has 118 valence electrons. The van der Waals surface area contributed by atoms with E-state index in [0.717, 1.165) is 5.69 Å². The highest BCUT2D eigenvalue weighted by Crippen LogP contribution is 2.78. The topological polar surface area (TPSA) is 37.4 Å². The summed E-state index contributed by atoms with van der Waals surface area (Å²) in [6.07, 6.45) is 7.22. The van der Waals surface area contributed by atoms with Crippen LogP contribution in [0.25, 0.3) is 0 Å². The fourth-order valence-corrected chi connectivity index (χ4v) is 7.64. The van der Waals surface area contributed by atoms with E-state index in [1.54, 1.807) is 5.57 Å². The summed E-state index contributed by atoms with van der Waals surface area (Å²) in [5.74, 6) is 3.71. The largest absolute Gasteiger partial charge is 0.274 e. The van der Waals surface area contributed by atoms with Gasteiger partial charge < -0.3 is 0 Å². The highest BCUT2D eigenvalue weighted by molar-refractivity contribution is 6.22. The van der Waals surface area contributed by atoms with Gasteiger partial charge in [0.15, 0.2) is 0 Å². The van der Waals surface area contributed by atoms with E-state index in [1.807, 2.05) is 30.3 Å². The molecule has 2 amide bonds. The standard InChI is InChI=1S/C21H17NO2/c23-20-18-16-13-9-6-7-11-12(8-9)15(16)17(14(11)13)19(18)21(24)22(20)10-4-2-1-3-5-10/h1-9,11,13-19H/t9-,11-,13+,14+,15+,16-,17-,18+,19-/m1/s1. The molecule has 3 heteroatoms. The minimum atomic E-state index is -0.0624. The molecule has 1 heterocycles. The lowest BCUT2D eigenvalue weighted by molar-refractivity contribution is -0.124. The van der Waals surface area contributed by atoms with Gasteiger partial charge in [-0.05, 0) is 47.6 Å². The van der Waals surface area contributed by atoms with E-state index >= 15 is 0 Å². The summed E-state index contributed by atoms with van der Waals surface area (Å²) in [6, 6.07) is 9.49. The van der Waals surface area contributed by atoms with Crippen molar-refractivity contribution in [3.05, 3.63) is 54.1 Å². The zero-order valence-corrected chi connectivity index (χ0v) is 13.1. The first-order valence-corrected chi connectivity index (χ1v) is 9.10. The Hall–Kier alpha value is -2.16. The van der Waals surface area contributed by atoms with Crippen LogP contribution in [-0.2, 0) is 9.59 Å². The Morgan fingerprint density at radius 3 is 2.21 bits per heavy atom. The fourth-order valence-electron chi connectivity index (χ4n) is 7.64. The first-order chi connectivity index (χ1) is 11.8. The molecule has 1 aliphatic heterocycles. The van der Waals surface area contributed by atoms with Crippen molar-refractivity contribution in [1.29, 1.82) is 0 Å². The van der Waals surface area contributed by atoms with Gasteiger partial charge in [0, 0.05) is 5.92 Å². The molecule has 8 bridgehead atoms. The Bertz CT molecular complexity index is 854. The smallest absolute Gasteiger partial charge is 0.238 e. The molecule has 0 N–H and O–H groups in total. The molecule has 7 aliphatic carbocycles. The number of amides is 2. The summed E-state index contributed by atoms with van der Waals surface area (Å²) in [4.78, 5) is 27.9. The number of rotatable bonds is 1. The Morgan fingerprint density at radius 1 is 0.750 bits per heavy atom. The van der Waals surface area contributed by atoms with Gasteiger partial charge in [-0.15, -0.1) is 0 Å². The van der Waals surface area contributed by atoms with Gasteiger partial charge in [-0.3, -0.25) is 14.5 Å². The summed E-state index contributed by atoms with van der Waals surface area (Å²) in [5, 5.41) is 0. The normalized spacial score (nSPS) is 51.1. The summed E-state index contributed by atoms with van der Waals surface area (Å²) in [7, 11) is 0. The van der Waals surface area contributed by atoms with Crippen LogP contribution in [-0.4, -0.2) is 11.8 Å². The SMILES string of the molecule is O=C1[C@@H]2[C@H](C(=O)N1c1ccccc1)[C@H]1[C@H]3C4=C[C@H]5C=C[C@H]4[C@H]1[C@H]5[C@@H]23. The number of hydrogen-bond acceptors (Lipinski definition) is 2. The molecule has 9 rings (SSSR count). The average Bonchev–Trinajstić information content (AvgIpc) is 3.29. The third kappa shape index (κ3) is 1.03. The third-order valence-electron chi connectivity index (χ3n) is 7.96. The molecule has 0 radical (unpaired) electrons. The minimum absolute atomic E-state index is 0.0624. The van der Waals surface area contributed by atoms with Gasteiger partial charge in [0.2, 0.25) is 11.8 Å². The van der Waals surface area contributed by atoms with E-state index in [1.165, 1.54) is 4.90 Å². The van der Waals surface area contributed by atoms with Crippen molar-refractivity contribution in [3.63, 3.8) is 0 Å². The second-order valence-electron chi connectivity index (χ2n) is 8.39.